The zero-order valence-electron chi connectivity index (χ0n) is 9.62. The third-order valence-corrected chi connectivity index (χ3v) is 5.49. The van der Waals surface area contributed by atoms with Crippen molar-refractivity contribution in [3.05, 3.63) is 41.2 Å². The number of hydrogen-bond acceptors (Lipinski definition) is 2. The van der Waals surface area contributed by atoms with Gasteiger partial charge in [-0.25, -0.2) is 0 Å². The van der Waals surface area contributed by atoms with Crippen molar-refractivity contribution in [3.8, 4) is 22.6 Å². The van der Waals surface area contributed by atoms with Gasteiger partial charge in [0.15, 0.2) is 11.5 Å². The molecule has 0 aliphatic rings. The lowest BCUT2D eigenvalue weighted by Crippen LogP contribution is -1.89. The molecule has 0 radical (unpaired) electrons. The topological polar surface area (TPSA) is 40.5 Å². The van der Waals surface area contributed by atoms with E-state index in [1.807, 2.05) is 0 Å². The van der Waals surface area contributed by atoms with Crippen LogP contribution in [-0.2, 0) is 0 Å². The predicted octanol–water partition coefficient (Wildman–Crippen LogP) is 7.34. The second-order valence-electron chi connectivity index (χ2n) is 3.86. The van der Waals surface area contributed by atoms with Crippen LogP contribution in [0.15, 0.2) is 6.07 Å². The lowest BCUT2D eigenvalue weighted by molar-refractivity contribution is 0.476. The molecule has 2 aromatic rings. The Hall–Kier alpha value is 0.0700. The van der Waals surface area contributed by atoms with Gasteiger partial charge in [0, 0.05) is 11.1 Å². The van der Waals surface area contributed by atoms with Crippen LogP contribution in [0.25, 0.3) is 11.1 Å². The Morgan fingerprint density at radius 2 is 1.00 bits per heavy atom. The van der Waals surface area contributed by atoms with Gasteiger partial charge in [0.2, 0.25) is 0 Å². The number of phenolic OH excluding ortho intramolecular Hbond substituents is 2. The Morgan fingerprint density at radius 1 is 0.571 bits per heavy atom. The minimum Gasteiger partial charge on any atom is -0.505 e. The van der Waals surface area contributed by atoms with Gasteiger partial charge in [-0.1, -0.05) is 81.2 Å². The third-order valence-electron chi connectivity index (χ3n) is 2.64. The van der Waals surface area contributed by atoms with Crippen LogP contribution in [0.5, 0.6) is 11.5 Å². The second-order valence-corrected chi connectivity index (χ2v) is 6.54. The smallest absolute Gasteiger partial charge is 0.155 e. The first kappa shape index (κ1) is 17.4. The SMILES string of the molecule is Oc1c(Cl)c(Cl)cc(-c2c(Cl)c(Cl)c(O)c(Cl)c2Cl)c1Cl. The molecule has 0 spiro atoms. The number of phenols is 2. The molecule has 0 saturated heterocycles. The van der Waals surface area contributed by atoms with Gasteiger partial charge in [0.25, 0.3) is 0 Å². The first-order valence-corrected chi connectivity index (χ1v) is 7.74. The molecule has 2 rings (SSSR count). The second kappa shape index (κ2) is 6.29. The van der Waals surface area contributed by atoms with Crippen LogP contribution >= 0.6 is 81.2 Å². The van der Waals surface area contributed by atoms with Crippen LogP contribution in [0, 0.1) is 0 Å². The zero-order valence-corrected chi connectivity index (χ0v) is 14.9. The number of halogens is 7. The molecule has 0 fully saturated rings. The van der Waals surface area contributed by atoms with Crippen LogP contribution in [-0.4, -0.2) is 10.2 Å². The number of aromatic hydroxyl groups is 2. The van der Waals surface area contributed by atoms with Gasteiger partial charge in [-0.2, -0.15) is 0 Å². The summed E-state index contributed by atoms with van der Waals surface area (Å²) in [6.45, 7) is 0. The van der Waals surface area contributed by atoms with Gasteiger partial charge in [-0.3, -0.25) is 0 Å². The molecule has 2 aromatic carbocycles. The summed E-state index contributed by atoms with van der Waals surface area (Å²) in [4.78, 5) is 0. The van der Waals surface area contributed by atoms with Gasteiger partial charge in [0.05, 0.1) is 20.1 Å². The summed E-state index contributed by atoms with van der Waals surface area (Å²) in [6.07, 6.45) is 0. The predicted molar refractivity (Wildman–Crippen MR) is 90.3 cm³/mol. The zero-order chi connectivity index (χ0) is 16.1. The fourth-order valence-corrected chi connectivity index (χ4v) is 3.31. The van der Waals surface area contributed by atoms with Crippen LogP contribution in [0.3, 0.4) is 0 Å². The van der Waals surface area contributed by atoms with Gasteiger partial charge >= 0.3 is 0 Å². The van der Waals surface area contributed by atoms with Gasteiger partial charge in [-0.15, -0.1) is 0 Å². The highest BCUT2D eigenvalue weighted by Crippen LogP contribution is 2.53. The number of rotatable bonds is 1. The summed E-state index contributed by atoms with van der Waals surface area (Å²) >= 11 is 41.6. The van der Waals surface area contributed by atoms with Gasteiger partial charge in [0.1, 0.15) is 15.1 Å². The first-order chi connectivity index (χ1) is 9.68. The average molecular weight is 427 g/mol. The largest absolute Gasteiger partial charge is 0.505 e. The summed E-state index contributed by atoms with van der Waals surface area (Å²) in [5, 5.41) is 18.7. The van der Waals surface area contributed by atoms with E-state index in [0.29, 0.717) is 0 Å². The molecular weight excluding hydrogens is 424 g/mol. The van der Waals surface area contributed by atoms with E-state index in [-0.39, 0.29) is 46.3 Å². The minimum atomic E-state index is -0.461. The first-order valence-electron chi connectivity index (χ1n) is 5.10. The van der Waals surface area contributed by atoms with E-state index >= 15 is 0 Å². The Labute approximate surface area is 154 Å². The van der Waals surface area contributed by atoms with E-state index in [1.54, 1.807) is 0 Å². The van der Waals surface area contributed by atoms with Gasteiger partial charge in [-0.05, 0) is 6.07 Å². The summed E-state index contributed by atoms with van der Waals surface area (Å²) < 4.78 is 0. The van der Waals surface area contributed by atoms with Crippen molar-refractivity contribution in [2.75, 3.05) is 0 Å². The Bertz CT molecular complexity index is 729. The molecule has 21 heavy (non-hydrogen) atoms. The van der Waals surface area contributed by atoms with Crippen LogP contribution in [0.4, 0.5) is 0 Å². The number of benzene rings is 2. The maximum atomic E-state index is 9.85. The molecule has 0 bridgehead atoms. The van der Waals surface area contributed by atoms with E-state index in [1.165, 1.54) is 6.07 Å². The van der Waals surface area contributed by atoms with Crippen LogP contribution < -0.4 is 0 Å². The van der Waals surface area contributed by atoms with Crippen molar-refractivity contribution in [1.82, 2.24) is 0 Å². The molecule has 0 aliphatic heterocycles. The standard InChI is InChI=1S/C12H3Cl7O2/c13-3-1-2(5(14)11(20)6(3)15)4-7(16)9(18)12(21)10(19)8(4)17/h1,20-21H. The van der Waals surface area contributed by atoms with E-state index in [2.05, 4.69) is 0 Å². The third kappa shape index (κ3) is 2.84. The molecule has 0 saturated carbocycles. The van der Waals surface area contributed by atoms with E-state index in [0.717, 1.165) is 0 Å². The summed E-state index contributed by atoms with van der Waals surface area (Å²) in [7, 11) is 0. The summed E-state index contributed by atoms with van der Waals surface area (Å²) in [5.74, 6) is -0.897. The molecular formula is C12H3Cl7O2. The van der Waals surface area contributed by atoms with E-state index < -0.39 is 11.5 Å². The molecule has 0 atom stereocenters. The minimum absolute atomic E-state index is 0.0287. The van der Waals surface area contributed by atoms with Crippen molar-refractivity contribution in [2.24, 2.45) is 0 Å². The lowest BCUT2D eigenvalue weighted by Gasteiger charge is -2.15. The molecule has 9 heteroatoms. The highest BCUT2D eigenvalue weighted by molar-refractivity contribution is 6.52. The normalized spacial score (nSPS) is 11.0. The lowest BCUT2D eigenvalue weighted by atomic mass is 10.0. The molecule has 0 aliphatic carbocycles. The quantitative estimate of drug-likeness (QED) is 0.468. The highest BCUT2D eigenvalue weighted by Gasteiger charge is 2.25. The number of hydrogen-bond donors (Lipinski definition) is 2. The van der Waals surface area contributed by atoms with E-state index in [9.17, 15) is 10.2 Å². The molecule has 0 heterocycles. The molecule has 0 amide bonds. The van der Waals surface area contributed by atoms with Crippen molar-refractivity contribution in [1.29, 1.82) is 0 Å². The van der Waals surface area contributed by atoms with E-state index in [4.69, 9.17) is 81.2 Å². The fourth-order valence-electron chi connectivity index (χ4n) is 1.63. The van der Waals surface area contributed by atoms with Gasteiger partial charge < -0.3 is 10.2 Å². The van der Waals surface area contributed by atoms with Crippen molar-refractivity contribution in [3.63, 3.8) is 0 Å². The van der Waals surface area contributed by atoms with Crippen molar-refractivity contribution < 1.29 is 10.2 Å². The van der Waals surface area contributed by atoms with Crippen LogP contribution in [0.2, 0.25) is 35.2 Å². The fraction of sp³-hybridized carbons (Fsp3) is 0. The van der Waals surface area contributed by atoms with Crippen LogP contribution in [0.1, 0.15) is 0 Å². The molecule has 0 unspecified atom stereocenters. The summed E-state index contributed by atoms with van der Waals surface area (Å²) in [5.41, 5.74) is 0.285. The molecule has 112 valence electrons. The molecule has 0 aromatic heterocycles. The molecule has 2 nitrogen and oxygen atoms in total. The Balaban J connectivity index is 2.93. The highest BCUT2D eigenvalue weighted by atomic mass is 35.5. The average Bonchev–Trinajstić information content (AvgIpc) is 2.46. The monoisotopic (exact) mass is 424 g/mol. The van der Waals surface area contributed by atoms with Crippen molar-refractivity contribution >= 4 is 81.2 Å². The Morgan fingerprint density at radius 3 is 1.48 bits per heavy atom. The maximum absolute atomic E-state index is 9.85. The maximum Gasteiger partial charge on any atom is 0.155 e. The van der Waals surface area contributed by atoms with Crippen molar-refractivity contribution in [2.45, 2.75) is 0 Å². The molecule has 2 N–H and O–H groups in total. The Kier molecular flexibility index (Phi) is 5.22. The summed E-state index contributed by atoms with van der Waals surface area (Å²) in [6, 6.07) is 1.35.